The van der Waals surface area contributed by atoms with Gasteiger partial charge in [-0.15, -0.1) is 0 Å². The zero-order valence-corrected chi connectivity index (χ0v) is 15.2. The van der Waals surface area contributed by atoms with Crippen LogP contribution < -0.4 is 0 Å². The van der Waals surface area contributed by atoms with Gasteiger partial charge < -0.3 is 4.42 Å². The molecule has 0 saturated heterocycles. The van der Waals surface area contributed by atoms with Gasteiger partial charge >= 0.3 is 0 Å². The van der Waals surface area contributed by atoms with Crippen molar-refractivity contribution in [3.63, 3.8) is 0 Å². The van der Waals surface area contributed by atoms with Crippen molar-refractivity contribution in [3.8, 4) is 11.3 Å². The van der Waals surface area contributed by atoms with Gasteiger partial charge in [0.25, 0.3) is 0 Å². The lowest BCUT2D eigenvalue weighted by Crippen LogP contribution is -1.95. The zero-order valence-electron chi connectivity index (χ0n) is 12.8. The first kappa shape index (κ1) is 15.5. The molecule has 3 aromatic rings. The summed E-state index contributed by atoms with van der Waals surface area (Å²) in [4.78, 5) is 0.797. The molecular formula is C18H17BrO2S. The molecular weight excluding hydrogens is 360 g/mol. The van der Waals surface area contributed by atoms with Crippen LogP contribution in [0.3, 0.4) is 0 Å². The predicted octanol–water partition coefficient (Wildman–Crippen LogP) is 5.61. The molecule has 0 aliphatic rings. The van der Waals surface area contributed by atoms with Gasteiger partial charge in [0.15, 0.2) is 5.76 Å². The third-order valence-corrected chi connectivity index (χ3v) is 5.54. The highest BCUT2D eigenvalue weighted by Crippen LogP contribution is 2.39. The average Bonchev–Trinajstić information content (AvgIpc) is 2.87. The molecule has 0 N–H and O–H groups in total. The normalized spacial score (nSPS) is 12.7. The van der Waals surface area contributed by atoms with Crippen LogP contribution in [0.2, 0.25) is 0 Å². The molecule has 0 radical (unpaired) electrons. The molecule has 114 valence electrons. The van der Waals surface area contributed by atoms with Crippen molar-refractivity contribution in [2.75, 3.05) is 5.75 Å². The Labute approximate surface area is 141 Å². The average molecular weight is 377 g/mol. The number of benzene rings is 2. The van der Waals surface area contributed by atoms with E-state index in [9.17, 15) is 4.21 Å². The zero-order chi connectivity index (χ0) is 15.9. The lowest BCUT2D eigenvalue weighted by atomic mass is 10.1. The molecule has 0 fully saturated rings. The summed E-state index contributed by atoms with van der Waals surface area (Å²) < 4.78 is 19.7. The maximum Gasteiger partial charge on any atom is 0.151 e. The quantitative estimate of drug-likeness (QED) is 0.594. The third-order valence-electron chi connectivity index (χ3n) is 3.70. The highest BCUT2D eigenvalue weighted by Gasteiger charge is 2.21. The van der Waals surface area contributed by atoms with Gasteiger partial charge in [0.05, 0.1) is 15.7 Å². The fraction of sp³-hybridized carbons (Fsp3) is 0.222. The van der Waals surface area contributed by atoms with Crippen LogP contribution in [0.1, 0.15) is 18.1 Å². The second-order valence-electron chi connectivity index (χ2n) is 5.36. The van der Waals surface area contributed by atoms with Crippen molar-refractivity contribution >= 4 is 37.7 Å². The van der Waals surface area contributed by atoms with Crippen LogP contribution in [0.5, 0.6) is 0 Å². The molecule has 3 rings (SSSR count). The van der Waals surface area contributed by atoms with Gasteiger partial charge in [-0.3, -0.25) is 4.21 Å². The van der Waals surface area contributed by atoms with Crippen molar-refractivity contribution in [2.45, 2.75) is 25.7 Å². The van der Waals surface area contributed by atoms with E-state index in [1.54, 1.807) is 0 Å². The van der Waals surface area contributed by atoms with Crippen LogP contribution in [0.25, 0.3) is 22.3 Å². The number of hydrogen-bond acceptors (Lipinski definition) is 2. The third kappa shape index (κ3) is 2.66. The maximum atomic E-state index is 12.6. The molecule has 1 atom stereocenters. The first-order valence-electron chi connectivity index (χ1n) is 7.19. The summed E-state index contributed by atoms with van der Waals surface area (Å²) in [5.74, 6) is 1.29. The molecule has 0 spiro atoms. The van der Waals surface area contributed by atoms with Crippen LogP contribution in [0, 0.1) is 13.8 Å². The highest BCUT2D eigenvalue weighted by molar-refractivity contribution is 9.10. The van der Waals surface area contributed by atoms with Crippen LogP contribution in [0.15, 0.2) is 50.2 Å². The summed E-state index contributed by atoms with van der Waals surface area (Å²) in [5.41, 5.74) is 4.01. The van der Waals surface area contributed by atoms with Crippen molar-refractivity contribution in [3.05, 3.63) is 52.0 Å². The van der Waals surface area contributed by atoms with Crippen molar-refractivity contribution in [1.82, 2.24) is 0 Å². The second-order valence-corrected chi connectivity index (χ2v) is 7.95. The molecule has 2 aromatic carbocycles. The Morgan fingerprint density at radius 1 is 1.14 bits per heavy atom. The highest BCUT2D eigenvalue weighted by atomic mass is 79.9. The Morgan fingerprint density at radius 3 is 2.45 bits per heavy atom. The molecule has 0 saturated carbocycles. The van der Waals surface area contributed by atoms with Gasteiger partial charge in [-0.25, -0.2) is 0 Å². The summed E-state index contributed by atoms with van der Waals surface area (Å²) in [5, 5.41) is 0.933. The smallest absolute Gasteiger partial charge is 0.151 e. The van der Waals surface area contributed by atoms with E-state index < -0.39 is 10.8 Å². The maximum absolute atomic E-state index is 12.6. The van der Waals surface area contributed by atoms with Crippen molar-refractivity contribution < 1.29 is 8.63 Å². The number of halogens is 1. The number of furan rings is 1. The van der Waals surface area contributed by atoms with Gasteiger partial charge in [0.2, 0.25) is 0 Å². The first-order valence-corrected chi connectivity index (χ1v) is 9.30. The minimum atomic E-state index is -1.08. The fourth-order valence-electron chi connectivity index (χ4n) is 2.57. The molecule has 0 bridgehead atoms. The minimum absolute atomic E-state index is 0.569. The van der Waals surface area contributed by atoms with Gasteiger partial charge in [-0.2, -0.15) is 0 Å². The summed E-state index contributed by atoms with van der Waals surface area (Å²) in [6.45, 7) is 5.99. The SMILES string of the molecule is CC[S@@](=O)c1c(-c2ccc(C)cc2)oc2c(C)cc(Br)cc12. The van der Waals surface area contributed by atoms with E-state index in [4.69, 9.17) is 4.42 Å². The number of hydrogen-bond donors (Lipinski definition) is 0. The van der Waals surface area contributed by atoms with E-state index in [1.165, 1.54) is 5.56 Å². The van der Waals surface area contributed by atoms with Gasteiger partial charge in [0, 0.05) is 21.2 Å². The summed E-state index contributed by atoms with van der Waals surface area (Å²) in [7, 11) is -1.08. The van der Waals surface area contributed by atoms with Crippen LogP contribution in [-0.2, 0) is 10.8 Å². The number of aryl methyl sites for hydroxylation is 2. The summed E-state index contributed by atoms with van der Waals surface area (Å²) in [6.07, 6.45) is 0. The molecule has 0 unspecified atom stereocenters. The van der Waals surface area contributed by atoms with Gasteiger partial charge in [0.1, 0.15) is 5.58 Å². The second kappa shape index (κ2) is 6.01. The fourth-order valence-corrected chi connectivity index (χ4v) is 4.19. The van der Waals surface area contributed by atoms with Crippen molar-refractivity contribution in [2.24, 2.45) is 0 Å². The summed E-state index contributed by atoms with van der Waals surface area (Å²) in [6, 6.07) is 12.1. The van der Waals surface area contributed by atoms with E-state index >= 15 is 0 Å². The van der Waals surface area contributed by atoms with E-state index in [0.29, 0.717) is 5.75 Å². The number of fused-ring (bicyclic) bond motifs is 1. The molecule has 22 heavy (non-hydrogen) atoms. The van der Waals surface area contributed by atoms with E-state index in [-0.39, 0.29) is 0 Å². The van der Waals surface area contributed by atoms with E-state index in [0.717, 1.165) is 37.2 Å². The monoisotopic (exact) mass is 376 g/mol. The van der Waals surface area contributed by atoms with Crippen LogP contribution in [-0.4, -0.2) is 9.96 Å². The number of rotatable bonds is 3. The molecule has 2 nitrogen and oxygen atoms in total. The topological polar surface area (TPSA) is 30.2 Å². The Balaban J connectivity index is 2.36. The van der Waals surface area contributed by atoms with E-state index in [1.807, 2.05) is 50.2 Å². The molecule has 1 aromatic heterocycles. The van der Waals surface area contributed by atoms with Crippen LogP contribution >= 0.6 is 15.9 Å². The Kier molecular flexibility index (Phi) is 4.24. The lowest BCUT2D eigenvalue weighted by Gasteiger charge is -2.03. The molecule has 4 heteroatoms. The molecule has 0 amide bonds. The largest absolute Gasteiger partial charge is 0.454 e. The molecule has 0 aliphatic carbocycles. The standard InChI is InChI=1S/C18H17BrO2S/c1-4-22(20)18-15-10-14(19)9-12(3)16(15)21-17(18)13-7-5-11(2)6-8-13/h5-10H,4H2,1-3H3/t22-/m1/s1. The lowest BCUT2D eigenvalue weighted by molar-refractivity contribution is 0.620. The summed E-state index contributed by atoms with van der Waals surface area (Å²) >= 11 is 3.52. The van der Waals surface area contributed by atoms with Crippen LogP contribution in [0.4, 0.5) is 0 Å². The molecule has 1 heterocycles. The van der Waals surface area contributed by atoms with Crippen molar-refractivity contribution in [1.29, 1.82) is 0 Å². The Bertz CT molecular complexity index is 863. The Morgan fingerprint density at radius 2 is 1.82 bits per heavy atom. The van der Waals surface area contributed by atoms with E-state index in [2.05, 4.69) is 22.9 Å². The predicted molar refractivity (Wildman–Crippen MR) is 95.8 cm³/mol. The minimum Gasteiger partial charge on any atom is -0.454 e. The Hall–Kier alpha value is -1.39. The van der Waals surface area contributed by atoms with Gasteiger partial charge in [-0.1, -0.05) is 52.7 Å². The first-order chi connectivity index (χ1) is 10.5. The molecule has 0 aliphatic heterocycles. The van der Waals surface area contributed by atoms with Gasteiger partial charge in [-0.05, 0) is 31.5 Å².